The molecule has 0 aliphatic carbocycles. The Bertz CT molecular complexity index is 989. The summed E-state index contributed by atoms with van der Waals surface area (Å²) in [5, 5.41) is 22.7. The van der Waals surface area contributed by atoms with E-state index in [0.29, 0.717) is 12.8 Å². The Balaban J connectivity index is 1.76. The van der Waals surface area contributed by atoms with Crippen molar-refractivity contribution in [1.29, 1.82) is 0 Å². The van der Waals surface area contributed by atoms with Crippen LogP contribution in [0.5, 0.6) is 0 Å². The number of rotatable bonds is 5. The van der Waals surface area contributed by atoms with Crippen molar-refractivity contribution in [3.63, 3.8) is 0 Å². The highest BCUT2D eigenvalue weighted by Gasteiger charge is 2.30. The topological polar surface area (TPSA) is 49.7 Å². The molecule has 0 spiro atoms. The minimum atomic E-state index is -0.483. The SMILES string of the molecule is CSc1ccc(Cc2cc(C3CC(O)CC(CO)O3)c3ccccc3c2Cl)cc1. The summed E-state index contributed by atoms with van der Waals surface area (Å²) in [6.07, 6.45) is 2.68. The second kappa shape index (κ2) is 9.07. The van der Waals surface area contributed by atoms with E-state index >= 15 is 0 Å². The molecule has 4 rings (SSSR count). The van der Waals surface area contributed by atoms with E-state index in [1.807, 2.05) is 24.3 Å². The van der Waals surface area contributed by atoms with Crippen molar-refractivity contribution in [3.8, 4) is 0 Å². The fraction of sp³-hybridized carbons (Fsp3) is 0.333. The third-order valence-corrected chi connectivity index (χ3v) is 6.76. The van der Waals surface area contributed by atoms with E-state index in [2.05, 4.69) is 36.6 Å². The van der Waals surface area contributed by atoms with Gasteiger partial charge in [0.2, 0.25) is 0 Å². The highest BCUT2D eigenvalue weighted by atomic mass is 35.5. The molecular weight excluding hydrogens is 404 g/mol. The fourth-order valence-corrected chi connectivity index (χ4v) is 4.79. The Hall–Kier alpha value is -1.56. The molecule has 1 aliphatic heterocycles. The second-order valence-corrected chi connectivity index (χ2v) is 8.82. The zero-order chi connectivity index (χ0) is 20.4. The van der Waals surface area contributed by atoms with Crippen molar-refractivity contribution in [2.75, 3.05) is 12.9 Å². The first-order valence-electron chi connectivity index (χ1n) is 9.86. The minimum Gasteiger partial charge on any atom is -0.394 e. The van der Waals surface area contributed by atoms with Crippen molar-refractivity contribution in [1.82, 2.24) is 0 Å². The van der Waals surface area contributed by atoms with E-state index in [1.54, 1.807) is 11.8 Å². The number of aliphatic hydroxyl groups is 2. The number of thioether (sulfide) groups is 1. The molecule has 3 nitrogen and oxygen atoms in total. The zero-order valence-electron chi connectivity index (χ0n) is 16.3. The van der Waals surface area contributed by atoms with Crippen LogP contribution in [0, 0.1) is 0 Å². The summed E-state index contributed by atoms with van der Waals surface area (Å²) in [4.78, 5) is 1.23. The molecule has 1 aliphatic rings. The number of fused-ring (bicyclic) bond motifs is 1. The maximum absolute atomic E-state index is 10.3. The molecule has 0 saturated carbocycles. The lowest BCUT2D eigenvalue weighted by molar-refractivity contribution is -0.113. The van der Waals surface area contributed by atoms with Gasteiger partial charge >= 0.3 is 0 Å². The van der Waals surface area contributed by atoms with Crippen LogP contribution in [-0.4, -0.2) is 35.3 Å². The molecule has 1 heterocycles. The summed E-state index contributed by atoms with van der Waals surface area (Å²) in [5.74, 6) is 0. The van der Waals surface area contributed by atoms with Gasteiger partial charge in [0.15, 0.2) is 0 Å². The van der Waals surface area contributed by atoms with Gasteiger partial charge in [0.25, 0.3) is 0 Å². The van der Waals surface area contributed by atoms with Crippen molar-refractivity contribution in [3.05, 3.63) is 76.3 Å². The van der Waals surface area contributed by atoms with Gasteiger partial charge in [0, 0.05) is 23.1 Å². The molecule has 3 aromatic carbocycles. The molecule has 152 valence electrons. The molecule has 0 amide bonds. The summed E-state index contributed by atoms with van der Waals surface area (Å²) in [5.41, 5.74) is 3.27. The first kappa shape index (κ1) is 20.7. The number of benzene rings is 3. The van der Waals surface area contributed by atoms with E-state index in [9.17, 15) is 10.2 Å². The summed E-state index contributed by atoms with van der Waals surface area (Å²) >= 11 is 8.54. The van der Waals surface area contributed by atoms with Crippen LogP contribution in [0.2, 0.25) is 5.02 Å². The first-order chi connectivity index (χ1) is 14.1. The number of halogens is 1. The van der Waals surface area contributed by atoms with Crippen LogP contribution < -0.4 is 0 Å². The molecule has 0 aromatic heterocycles. The smallest absolute Gasteiger partial charge is 0.0860 e. The predicted molar refractivity (Wildman–Crippen MR) is 120 cm³/mol. The van der Waals surface area contributed by atoms with Crippen molar-refractivity contribution in [2.24, 2.45) is 0 Å². The molecule has 3 atom stereocenters. The van der Waals surface area contributed by atoms with Crippen LogP contribution in [0.25, 0.3) is 10.8 Å². The van der Waals surface area contributed by atoms with Gasteiger partial charge in [-0.25, -0.2) is 0 Å². The molecule has 0 radical (unpaired) electrons. The Labute approximate surface area is 180 Å². The third-order valence-electron chi connectivity index (χ3n) is 5.57. The van der Waals surface area contributed by atoms with Crippen LogP contribution in [0.4, 0.5) is 0 Å². The van der Waals surface area contributed by atoms with Gasteiger partial charge in [-0.1, -0.05) is 54.1 Å². The normalized spacial score (nSPS) is 22.1. The van der Waals surface area contributed by atoms with E-state index in [4.69, 9.17) is 16.3 Å². The lowest BCUT2D eigenvalue weighted by Gasteiger charge is -2.33. The molecule has 1 fully saturated rings. The van der Waals surface area contributed by atoms with Crippen molar-refractivity contribution >= 4 is 34.1 Å². The van der Waals surface area contributed by atoms with Crippen LogP contribution >= 0.6 is 23.4 Å². The molecule has 3 aromatic rings. The molecule has 3 unspecified atom stereocenters. The predicted octanol–water partition coefficient (Wildman–Crippen LogP) is 5.38. The summed E-state index contributed by atoms with van der Waals surface area (Å²) in [7, 11) is 0. The van der Waals surface area contributed by atoms with Crippen molar-refractivity contribution in [2.45, 2.75) is 42.5 Å². The number of aliphatic hydroxyl groups excluding tert-OH is 2. The molecular formula is C24H25ClO3S. The van der Waals surface area contributed by atoms with E-state index in [0.717, 1.165) is 33.3 Å². The largest absolute Gasteiger partial charge is 0.394 e. The van der Waals surface area contributed by atoms with Gasteiger partial charge in [0.1, 0.15) is 0 Å². The van der Waals surface area contributed by atoms with E-state index in [-0.39, 0.29) is 18.8 Å². The number of hydrogen-bond donors (Lipinski definition) is 2. The maximum atomic E-state index is 10.3. The van der Waals surface area contributed by atoms with Crippen LogP contribution in [-0.2, 0) is 11.2 Å². The standard InChI is InChI=1S/C24H25ClO3S/c1-29-19-8-6-15(7-9-19)10-16-11-22(20-4-2-3-5-21(20)24(16)25)23-13-17(27)12-18(14-26)28-23/h2-9,11,17-18,23,26-27H,10,12-14H2,1H3. The van der Waals surface area contributed by atoms with Gasteiger partial charge < -0.3 is 14.9 Å². The van der Waals surface area contributed by atoms with E-state index in [1.165, 1.54) is 10.5 Å². The Kier molecular flexibility index (Phi) is 6.47. The lowest BCUT2D eigenvalue weighted by Crippen LogP contribution is -2.33. The maximum Gasteiger partial charge on any atom is 0.0860 e. The lowest BCUT2D eigenvalue weighted by atomic mass is 9.90. The van der Waals surface area contributed by atoms with Gasteiger partial charge in [-0.2, -0.15) is 0 Å². The third kappa shape index (κ3) is 4.47. The Morgan fingerprint density at radius 3 is 2.48 bits per heavy atom. The number of hydrogen-bond acceptors (Lipinski definition) is 4. The van der Waals surface area contributed by atoms with Gasteiger partial charge in [-0.05, 0) is 46.9 Å². The number of ether oxygens (including phenoxy) is 1. The van der Waals surface area contributed by atoms with Gasteiger partial charge in [-0.15, -0.1) is 11.8 Å². The van der Waals surface area contributed by atoms with Crippen LogP contribution in [0.3, 0.4) is 0 Å². The zero-order valence-corrected chi connectivity index (χ0v) is 17.9. The van der Waals surface area contributed by atoms with Crippen molar-refractivity contribution < 1.29 is 14.9 Å². The summed E-state index contributed by atoms with van der Waals surface area (Å²) < 4.78 is 6.12. The monoisotopic (exact) mass is 428 g/mol. The average Bonchev–Trinajstić information content (AvgIpc) is 2.75. The second-order valence-electron chi connectivity index (χ2n) is 7.56. The highest BCUT2D eigenvalue weighted by Crippen LogP contribution is 2.39. The van der Waals surface area contributed by atoms with Crippen LogP contribution in [0.1, 0.15) is 35.6 Å². The molecule has 2 N–H and O–H groups in total. The quantitative estimate of drug-likeness (QED) is 0.535. The molecule has 5 heteroatoms. The molecule has 29 heavy (non-hydrogen) atoms. The van der Waals surface area contributed by atoms with Crippen LogP contribution in [0.15, 0.2) is 59.5 Å². The minimum absolute atomic E-state index is 0.0896. The first-order valence-corrected chi connectivity index (χ1v) is 11.5. The van der Waals surface area contributed by atoms with Gasteiger partial charge in [0.05, 0.1) is 29.9 Å². The Morgan fingerprint density at radius 2 is 1.79 bits per heavy atom. The molecule has 0 bridgehead atoms. The Morgan fingerprint density at radius 1 is 1.07 bits per heavy atom. The van der Waals surface area contributed by atoms with Gasteiger partial charge in [-0.3, -0.25) is 0 Å². The van der Waals surface area contributed by atoms with E-state index < -0.39 is 6.10 Å². The molecule has 1 saturated heterocycles. The fourth-order valence-electron chi connectivity index (χ4n) is 4.09. The summed E-state index contributed by atoms with van der Waals surface area (Å²) in [6, 6.07) is 18.7. The average molecular weight is 429 g/mol. The summed E-state index contributed by atoms with van der Waals surface area (Å²) in [6.45, 7) is -0.0896. The highest BCUT2D eigenvalue weighted by molar-refractivity contribution is 7.98.